The van der Waals surface area contributed by atoms with Gasteiger partial charge in [0.25, 0.3) is 0 Å². The minimum absolute atomic E-state index is 0.176. The molecule has 0 saturated carbocycles. The van der Waals surface area contributed by atoms with Gasteiger partial charge in [0.2, 0.25) is 0 Å². The highest BCUT2D eigenvalue weighted by molar-refractivity contribution is 9.11. The number of hydrogen-bond acceptors (Lipinski definition) is 1. The quantitative estimate of drug-likeness (QED) is 0.803. The van der Waals surface area contributed by atoms with Gasteiger partial charge in [0.1, 0.15) is 5.82 Å². The molecule has 0 aliphatic carbocycles. The zero-order valence-electron chi connectivity index (χ0n) is 8.24. The summed E-state index contributed by atoms with van der Waals surface area (Å²) in [5, 5.41) is 0. The van der Waals surface area contributed by atoms with E-state index in [4.69, 9.17) is 0 Å². The molecule has 0 aliphatic rings. The minimum atomic E-state index is -0.200. The summed E-state index contributed by atoms with van der Waals surface area (Å²) in [6.07, 6.45) is 2.01. The van der Waals surface area contributed by atoms with Crippen molar-refractivity contribution in [2.24, 2.45) is 0 Å². The van der Waals surface area contributed by atoms with Gasteiger partial charge in [0.05, 0.1) is 6.04 Å². The molecule has 0 N–H and O–H groups in total. The van der Waals surface area contributed by atoms with Crippen molar-refractivity contribution in [2.45, 2.75) is 6.04 Å². The van der Waals surface area contributed by atoms with Crippen LogP contribution in [0.25, 0.3) is 0 Å². The Morgan fingerprint density at radius 3 is 2.29 bits per heavy atom. The van der Waals surface area contributed by atoms with Gasteiger partial charge < -0.3 is 0 Å². The van der Waals surface area contributed by atoms with Crippen LogP contribution in [0.2, 0.25) is 0 Å². The summed E-state index contributed by atoms with van der Waals surface area (Å²) in [5.74, 6) is -0.200. The summed E-state index contributed by atoms with van der Waals surface area (Å²) in [7, 11) is 3.97. The lowest BCUT2D eigenvalue weighted by Crippen LogP contribution is -2.17. The molecule has 0 saturated heterocycles. The molecular formula is C11H13BrFN. The SMILES string of the molecule is CN(C)C(C=CBr)c1ccc(F)cc1. The fourth-order valence-corrected chi connectivity index (χ4v) is 1.60. The summed E-state index contributed by atoms with van der Waals surface area (Å²) in [6, 6.07) is 6.73. The molecule has 1 nitrogen and oxygen atoms in total. The van der Waals surface area contributed by atoms with Crippen molar-refractivity contribution in [3.05, 3.63) is 46.7 Å². The number of benzene rings is 1. The van der Waals surface area contributed by atoms with E-state index in [2.05, 4.69) is 20.8 Å². The highest BCUT2D eigenvalue weighted by Gasteiger charge is 2.09. The van der Waals surface area contributed by atoms with E-state index in [0.717, 1.165) is 5.56 Å². The predicted molar refractivity (Wildman–Crippen MR) is 60.9 cm³/mol. The van der Waals surface area contributed by atoms with Gasteiger partial charge in [-0.25, -0.2) is 4.39 Å². The van der Waals surface area contributed by atoms with Crippen molar-refractivity contribution < 1.29 is 4.39 Å². The number of nitrogens with zero attached hydrogens (tertiary/aromatic N) is 1. The van der Waals surface area contributed by atoms with Crippen LogP contribution in [0.5, 0.6) is 0 Å². The standard InChI is InChI=1S/C11H13BrFN/c1-14(2)11(7-8-12)9-3-5-10(13)6-4-9/h3-8,11H,1-2H3. The van der Waals surface area contributed by atoms with Gasteiger partial charge in [0, 0.05) is 0 Å². The molecule has 1 aromatic carbocycles. The lowest BCUT2D eigenvalue weighted by Gasteiger charge is -2.21. The van der Waals surface area contributed by atoms with Crippen LogP contribution in [0.3, 0.4) is 0 Å². The topological polar surface area (TPSA) is 3.24 Å². The molecular weight excluding hydrogens is 245 g/mol. The molecule has 0 amide bonds. The number of rotatable bonds is 3. The van der Waals surface area contributed by atoms with Crippen molar-refractivity contribution in [2.75, 3.05) is 14.1 Å². The predicted octanol–water partition coefficient (Wildman–Crippen LogP) is 3.34. The summed E-state index contributed by atoms with van der Waals surface area (Å²) >= 11 is 3.25. The van der Waals surface area contributed by atoms with Crippen LogP contribution in [0.1, 0.15) is 11.6 Å². The Morgan fingerprint density at radius 1 is 1.29 bits per heavy atom. The third-order valence-corrected chi connectivity index (χ3v) is 2.33. The maximum atomic E-state index is 12.7. The maximum Gasteiger partial charge on any atom is 0.123 e. The number of hydrogen-bond donors (Lipinski definition) is 0. The number of likely N-dealkylation sites (N-methyl/N-ethyl adjacent to an activating group) is 1. The second kappa shape index (κ2) is 5.27. The minimum Gasteiger partial charge on any atom is -0.299 e. The van der Waals surface area contributed by atoms with E-state index < -0.39 is 0 Å². The van der Waals surface area contributed by atoms with E-state index in [-0.39, 0.29) is 11.9 Å². The Labute approximate surface area is 92.4 Å². The van der Waals surface area contributed by atoms with E-state index >= 15 is 0 Å². The first-order valence-electron chi connectivity index (χ1n) is 4.34. The Balaban J connectivity index is 2.93. The smallest absolute Gasteiger partial charge is 0.123 e. The third kappa shape index (κ3) is 2.93. The van der Waals surface area contributed by atoms with Gasteiger partial charge in [-0.05, 0) is 36.8 Å². The molecule has 0 aliphatic heterocycles. The summed E-state index contributed by atoms with van der Waals surface area (Å²) in [6.45, 7) is 0. The monoisotopic (exact) mass is 257 g/mol. The first-order chi connectivity index (χ1) is 6.65. The fraction of sp³-hybridized carbons (Fsp3) is 0.273. The summed E-state index contributed by atoms with van der Waals surface area (Å²) in [4.78, 5) is 3.88. The average molecular weight is 258 g/mol. The van der Waals surface area contributed by atoms with Gasteiger partial charge in [-0.2, -0.15) is 0 Å². The van der Waals surface area contributed by atoms with E-state index in [1.807, 2.05) is 25.2 Å². The van der Waals surface area contributed by atoms with Crippen molar-refractivity contribution in [1.82, 2.24) is 4.90 Å². The van der Waals surface area contributed by atoms with Crippen molar-refractivity contribution in [1.29, 1.82) is 0 Å². The average Bonchev–Trinajstić information content (AvgIpc) is 2.15. The van der Waals surface area contributed by atoms with Crippen molar-refractivity contribution in [3.8, 4) is 0 Å². The maximum absolute atomic E-state index is 12.7. The zero-order chi connectivity index (χ0) is 10.6. The Bertz CT molecular complexity index is 306. The highest BCUT2D eigenvalue weighted by Crippen LogP contribution is 2.20. The van der Waals surface area contributed by atoms with Gasteiger partial charge >= 0.3 is 0 Å². The van der Waals surface area contributed by atoms with Crippen molar-refractivity contribution >= 4 is 15.9 Å². The van der Waals surface area contributed by atoms with Crippen LogP contribution >= 0.6 is 15.9 Å². The van der Waals surface area contributed by atoms with Crippen LogP contribution in [0.15, 0.2) is 35.3 Å². The molecule has 0 heterocycles. The van der Waals surface area contributed by atoms with E-state index in [9.17, 15) is 4.39 Å². The zero-order valence-corrected chi connectivity index (χ0v) is 9.83. The lowest BCUT2D eigenvalue weighted by molar-refractivity contribution is 0.351. The van der Waals surface area contributed by atoms with Crippen LogP contribution in [0.4, 0.5) is 4.39 Å². The van der Waals surface area contributed by atoms with E-state index in [1.54, 1.807) is 12.1 Å². The molecule has 1 unspecified atom stereocenters. The molecule has 0 aromatic heterocycles. The van der Waals surface area contributed by atoms with Crippen LogP contribution in [0, 0.1) is 5.82 Å². The van der Waals surface area contributed by atoms with Gasteiger partial charge in [-0.1, -0.05) is 34.1 Å². The summed E-state index contributed by atoms with van der Waals surface area (Å²) < 4.78 is 12.7. The molecule has 0 spiro atoms. The first kappa shape index (κ1) is 11.4. The molecule has 0 fully saturated rings. The second-order valence-electron chi connectivity index (χ2n) is 3.28. The largest absolute Gasteiger partial charge is 0.299 e. The molecule has 1 atom stereocenters. The van der Waals surface area contributed by atoms with Gasteiger partial charge in [-0.3, -0.25) is 4.90 Å². The normalized spacial score (nSPS) is 13.8. The third-order valence-electron chi connectivity index (χ3n) is 2.02. The molecule has 3 heteroatoms. The Hall–Kier alpha value is -0.670. The van der Waals surface area contributed by atoms with E-state index in [0.29, 0.717) is 0 Å². The molecule has 14 heavy (non-hydrogen) atoms. The Kier molecular flexibility index (Phi) is 4.29. The fourth-order valence-electron chi connectivity index (χ4n) is 1.31. The van der Waals surface area contributed by atoms with Crippen LogP contribution in [-0.2, 0) is 0 Å². The van der Waals surface area contributed by atoms with Crippen molar-refractivity contribution in [3.63, 3.8) is 0 Å². The summed E-state index contributed by atoms with van der Waals surface area (Å²) in [5.41, 5.74) is 1.08. The molecule has 0 radical (unpaired) electrons. The van der Waals surface area contributed by atoms with Gasteiger partial charge in [-0.15, -0.1) is 0 Å². The number of halogens is 2. The highest BCUT2D eigenvalue weighted by atomic mass is 79.9. The molecule has 0 bridgehead atoms. The van der Waals surface area contributed by atoms with Crippen LogP contribution in [-0.4, -0.2) is 19.0 Å². The van der Waals surface area contributed by atoms with Crippen LogP contribution < -0.4 is 0 Å². The molecule has 1 aromatic rings. The first-order valence-corrected chi connectivity index (χ1v) is 5.25. The lowest BCUT2D eigenvalue weighted by atomic mass is 10.1. The van der Waals surface area contributed by atoms with Gasteiger partial charge in [0.15, 0.2) is 0 Å². The second-order valence-corrected chi connectivity index (χ2v) is 3.81. The van der Waals surface area contributed by atoms with E-state index in [1.165, 1.54) is 12.1 Å². The molecule has 1 rings (SSSR count). The molecule has 76 valence electrons. The Morgan fingerprint density at radius 2 is 1.86 bits per heavy atom.